The van der Waals surface area contributed by atoms with Crippen molar-refractivity contribution in [3.05, 3.63) is 35.4 Å². The summed E-state index contributed by atoms with van der Waals surface area (Å²) in [5, 5.41) is 3.04. The number of rotatable bonds is 6. The second-order valence-corrected chi connectivity index (χ2v) is 6.76. The minimum absolute atomic E-state index is 0.0520. The summed E-state index contributed by atoms with van der Waals surface area (Å²) in [5.74, 6) is 0.546. The number of carbonyl (C=O) groups is 2. The van der Waals surface area contributed by atoms with Crippen molar-refractivity contribution in [1.82, 2.24) is 10.2 Å². The lowest BCUT2D eigenvalue weighted by molar-refractivity contribution is -0.138. The molecule has 1 saturated carbocycles. The summed E-state index contributed by atoms with van der Waals surface area (Å²) in [5.41, 5.74) is 2.35. The molecule has 0 unspecified atom stereocenters. The van der Waals surface area contributed by atoms with Gasteiger partial charge in [-0.25, -0.2) is 0 Å². The summed E-state index contributed by atoms with van der Waals surface area (Å²) in [6.45, 7) is 8.22. The van der Waals surface area contributed by atoms with Crippen molar-refractivity contribution in [2.24, 2.45) is 11.8 Å². The molecule has 1 aliphatic carbocycles. The smallest absolute Gasteiger partial charge is 0.225 e. The molecule has 1 fully saturated rings. The summed E-state index contributed by atoms with van der Waals surface area (Å²) < 4.78 is 0. The second-order valence-electron chi connectivity index (χ2n) is 6.76. The first-order chi connectivity index (χ1) is 11.5. The van der Waals surface area contributed by atoms with E-state index in [-0.39, 0.29) is 23.7 Å². The van der Waals surface area contributed by atoms with Gasteiger partial charge < -0.3 is 10.2 Å². The first-order valence-electron chi connectivity index (χ1n) is 9.17. The van der Waals surface area contributed by atoms with Crippen LogP contribution in [-0.4, -0.2) is 29.8 Å². The van der Waals surface area contributed by atoms with Gasteiger partial charge in [-0.15, -0.1) is 0 Å². The molecule has 0 spiro atoms. The van der Waals surface area contributed by atoms with Crippen LogP contribution < -0.4 is 5.32 Å². The topological polar surface area (TPSA) is 49.4 Å². The van der Waals surface area contributed by atoms with Crippen molar-refractivity contribution < 1.29 is 9.59 Å². The zero-order valence-corrected chi connectivity index (χ0v) is 15.2. The molecule has 0 radical (unpaired) electrons. The summed E-state index contributed by atoms with van der Waals surface area (Å²) >= 11 is 0. The highest BCUT2D eigenvalue weighted by molar-refractivity contribution is 5.81. The average Bonchev–Trinajstić information content (AvgIpc) is 2.62. The third-order valence-corrected chi connectivity index (χ3v) is 5.11. The third kappa shape index (κ3) is 4.83. The van der Waals surface area contributed by atoms with Gasteiger partial charge in [0.2, 0.25) is 11.8 Å². The Kier molecular flexibility index (Phi) is 6.83. The van der Waals surface area contributed by atoms with Gasteiger partial charge in [0.1, 0.15) is 0 Å². The maximum atomic E-state index is 12.4. The van der Waals surface area contributed by atoms with E-state index in [1.165, 1.54) is 5.56 Å². The number of nitrogens with one attached hydrogen (secondary N) is 1. The highest BCUT2D eigenvalue weighted by atomic mass is 16.2. The molecule has 0 aromatic heterocycles. The number of nitrogens with zero attached hydrogens (tertiary/aromatic N) is 1. The minimum atomic E-state index is 0.0520. The summed E-state index contributed by atoms with van der Waals surface area (Å²) in [6.07, 6.45) is 3.30. The molecule has 4 nitrogen and oxygen atoms in total. The van der Waals surface area contributed by atoms with E-state index >= 15 is 0 Å². The van der Waals surface area contributed by atoms with E-state index in [0.717, 1.165) is 44.3 Å². The van der Waals surface area contributed by atoms with Crippen molar-refractivity contribution in [3.63, 3.8) is 0 Å². The van der Waals surface area contributed by atoms with Crippen LogP contribution in [0, 0.1) is 18.8 Å². The highest BCUT2D eigenvalue weighted by Crippen LogP contribution is 2.30. The maximum Gasteiger partial charge on any atom is 0.225 e. The number of amides is 2. The lowest BCUT2D eigenvalue weighted by atomic mass is 9.81. The van der Waals surface area contributed by atoms with Crippen molar-refractivity contribution >= 4 is 11.8 Å². The molecule has 132 valence electrons. The van der Waals surface area contributed by atoms with Gasteiger partial charge in [-0.1, -0.05) is 29.8 Å². The van der Waals surface area contributed by atoms with Gasteiger partial charge in [0.05, 0.1) is 0 Å². The van der Waals surface area contributed by atoms with Crippen LogP contribution in [0.5, 0.6) is 0 Å². The monoisotopic (exact) mass is 330 g/mol. The van der Waals surface area contributed by atoms with Crippen LogP contribution in [0.3, 0.4) is 0 Å². The zero-order valence-electron chi connectivity index (χ0n) is 15.2. The van der Waals surface area contributed by atoms with Gasteiger partial charge in [0.15, 0.2) is 0 Å². The van der Waals surface area contributed by atoms with Gasteiger partial charge in [0, 0.05) is 31.5 Å². The number of hydrogen-bond donors (Lipinski definition) is 1. The predicted molar refractivity (Wildman–Crippen MR) is 96.4 cm³/mol. The molecule has 4 heteroatoms. The predicted octanol–water partition coefficient (Wildman–Crippen LogP) is 3.29. The minimum Gasteiger partial charge on any atom is -0.352 e. The SMILES string of the molecule is CCN(CC)C(=O)C1CCC(C(=O)NCc2ccc(C)cc2)CC1. The standard InChI is InChI=1S/C20H30N2O2/c1-4-22(5-2)20(24)18-12-10-17(11-13-18)19(23)21-14-16-8-6-15(3)7-9-16/h6-9,17-18H,4-5,10-14H2,1-3H3,(H,21,23). The first kappa shape index (κ1) is 18.5. The van der Waals surface area contributed by atoms with E-state index < -0.39 is 0 Å². The van der Waals surface area contributed by atoms with Crippen molar-refractivity contribution in [2.75, 3.05) is 13.1 Å². The van der Waals surface area contributed by atoms with E-state index in [9.17, 15) is 9.59 Å². The highest BCUT2D eigenvalue weighted by Gasteiger charge is 2.31. The molecule has 0 bridgehead atoms. The van der Waals surface area contributed by atoms with Crippen LogP contribution in [0.15, 0.2) is 24.3 Å². The first-order valence-corrected chi connectivity index (χ1v) is 9.17. The number of carbonyl (C=O) groups excluding carboxylic acids is 2. The summed E-state index contributed by atoms with van der Waals surface area (Å²) in [6, 6.07) is 8.22. The van der Waals surface area contributed by atoms with Crippen LogP contribution >= 0.6 is 0 Å². The van der Waals surface area contributed by atoms with Crippen molar-refractivity contribution in [3.8, 4) is 0 Å². The van der Waals surface area contributed by atoms with Crippen molar-refractivity contribution in [1.29, 1.82) is 0 Å². The Morgan fingerprint density at radius 1 is 1.00 bits per heavy atom. The van der Waals surface area contributed by atoms with Gasteiger partial charge in [-0.2, -0.15) is 0 Å². The summed E-state index contributed by atoms with van der Waals surface area (Å²) in [7, 11) is 0. The van der Waals surface area contributed by atoms with E-state index in [1.807, 2.05) is 18.7 Å². The molecule has 0 aliphatic heterocycles. The van der Waals surface area contributed by atoms with E-state index in [2.05, 4.69) is 36.5 Å². The molecular weight excluding hydrogens is 300 g/mol. The largest absolute Gasteiger partial charge is 0.352 e. The third-order valence-electron chi connectivity index (χ3n) is 5.11. The quantitative estimate of drug-likeness (QED) is 0.870. The molecule has 2 rings (SSSR count). The molecular formula is C20H30N2O2. The lowest BCUT2D eigenvalue weighted by Gasteiger charge is -2.30. The Bertz CT molecular complexity index is 541. The fraction of sp³-hybridized carbons (Fsp3) is 0.600. The lowest BCUT2D eigenvalue weighted by Crippen LogP contribution is -2.39. The van der Waals surface area contributed by atoms with Gasteiger partial charge in [0.25, 0.3) is 0 Å². The zero-order chi connectivity index (χ0) is 17.5. The molecule has 1 aliphatic rings. The Morgan fingerprint density at radius 2 is 1.54 bits per heavy atom. The molecule has 0 heterocycles. The van der Waals surface area contributed by atoms with Gasteiger partial charge >= 0.3 is 0 Å². The maximum absolute atomic E-state index is 12.4. The van der Waals surface area contributed by atoms with Gasteiger partial charge in [-0.05, 0) is 52.0 Å². The molecule has 2 amide bonds. The molecule has 0 atom stereocenters. The van der Waals surface area contributed by atoms with E-state index in [4.69, 9.17) is 0 Å². The van der Waals surface area contributed by atoms with Gasteiger partial charge in [-0.3, -0.25) is 9.59 Å². The molecule has 1 aromatic carbocycles. The molecule has 1 N–H and O–H groups in total. The second kappa shape index (κ2) is 8.86. The average molecular weight is 330 g/mol. The van der Waals surface area contributed by atoms with Crippen LogP contribution in [-0.2, 0) is 16.1 Å². The Labute approximate surface area is 145 Å². The van der Waals surface area contributed by atoms with E-state index in [1.54, 1.807) is 0 Å². The van der Waals surface area contributed by atoms with Crippen LogP contribution in [0.2, 0.25) is 0 Å². The molecule has 1 aromatic rings. The normalized spacial score (nSPS) is 20.5. The van der Waals surface area contributed by atoms with E-state index in [0.29, 0.717) is 6.54 Å². The Morgan fingerprint density at radius 3 is 2.08 bits per heavy atom. The fourth-order valence-electron chi connectivity index (χ4n) is 3.44. The molecule has 24 heavy (non-hydrogen) atoms. The number of hydrogen-bond acceptors (Lipinski definition) is 2. The summed E-state index contributed by atoms with van der Waals surface area (Å²) in [4.78, 5) is 26.7. The fourth-order valence-corrected chi connectivity index (χ4v) is 3.44. The van der Waals surface area contributed by atoms with Crippen LogP contribution in [0.4, 0.5) is 0 Å². The van der Waals surface area contributed by atoms with Crippen molar-refractivity contribution in [2.45, 2.75) is 53.0 Å². The van der Waals surface area contributed by atoms with Crippen LogP contribution in [0.25, 0.3) is 0 Å². The Balaban J connectivity index is 1.78. The number of aryl methyl sites for hydroxylation is 1. The van der Waals surface area contributed by atoms with Crippen LogP contribution in [0.1, 0.15) is 50.7 Å². The number of benzene rings is 1. The Hall–Kier alpha value is -1.84. The molecule has 0 saturated heterocycles.